The van der Waals surface area contributed by atoms with Crippen molar-refractivity contribution in [1.82, 2.24) is 4.90 Å². The summed E-state index contributed by atoms with van der Waals surface area (Å²) in [4.78, 5) is 12.9. The van der Waals surface area contributed by atoms with Gasteiger partial charge in [-0.25, -0.2) is 0 Å². The summed E-state index contributed by atoms with van der Waals surface area (Å²) < 4.78 is 34.9. The minimum atomic E-state index is -2.87. The number of hydrogen-bond donors (Lipinski definition) is 1. The van der Waals surface area contributed by atoms with Crippen molar-refractivity contribution >= 4 is 23.6 Å². The van der Waals surface area contributed by atoms with Crippen molar-refractivity contribution in [2.24, 2.45) is 0 Å². The second-order valence-electron chi connectivity index (χ2n) is 8.12. The second kappa shape index (κ2) is 12.4. The summed E-state index contributed by atoms with van der Waals surface area (Å²) in [5.74, 6) is -0.779. The Morgan fingerprint density at radius 2 is 1.83 bits per heavy atom. The maximum Gasteiger partial charge on any atom is 0.506 e. The van der Waals surface area contributed by atoms with Crippen LogP contribution in [0.3, 0.4) is 0 Å². The Bertz CT molecular complexity index is 488. The van der Waals surface area contributed by atoms with Gasteiger partial charge in [0.05, 0.1) is 33.6 Å². The molecule has 0 unspecified atom stereocenters. The van der Waals surface area contributed by atoms with E-state index in [-0.39, 0.29) is 20.0 Å². The Labute approximate surface area is 176 Å². The van der Waals surface area contributed by atoms with Gasteiger partial charge in [0.2, 0.25) is 0 Å². The highest BCUT2D eigenvalue weighted by atomic mass is 28.4. The van der Waals surface area contributed by atoms with Gasteiger partial charge in [-0.05, 0) is 27.1 Å². The third kappa shape index (κ3) is 9.96. The lowest BCUT2D eigenvalue weighted by Gasteiger charge is -2.38. The predicted molar refractivity (Wildman–Crippen MR) is 111 cm³/mol. The van der Waals surface area contributed by atoms with Gasteiger partial charge in [0.1, 0.15) is 13.6 Å². The van der Waals surface area contributed by atoms with Crippen molar-refractivity contribution in [2.75, 3.05) is 75.6 Å². The molecule has 10 nitrogen and oxygen atoms in total. The van der Waals surface area contributed by atoms with Crippen LogP contribution in [-0.4, -0.2) is 114 Å². The number of carboxylic acids is 1. The predicted octanol–water partition coefficient (Wildman–Crippen LogP) is 1.04. The smallest absolute Gasteiger partial charge is 0.481 e. The second-order valence-corrected chi connectivity index (χ2v) is 13.8. The molecule has 1 fully saturated rings. The van der Waals surface area contributed by atoms with E-state index in [0.717, 1.165) is 32.0 Å². The highest BCUT2D eigenvalue weighted by Crippen LogP contribution is 2.26. The topological polar surface area (TPSA) is 95.9 Å². The van der Waals surface area contributed by atoms with E-state index in [1.807, 2.05) is 28.2 Å². The average Bonchev–Trinajstić information content (AvgIpc) is 2.62. The van der Waals surface area contributed by atoms with Crippen LogP contribution in [0.1, 0.15) is 19.3 Å². The van der Waals surface area contributed by atoms with E-state index < -0.39 is 23.6 Å². The lowest BCUT2D eigenvalue weighted by atomic mass is 10.3. The molecule has 1 saturated heterocycles. The van der Waals surface area contributed by atoms with Crippen LogP contribution < -0.4 is 0 Å². The Morgan fingerprint density at radius 3 is 2.31 bits per heavy atom. The molecular formula is C17H39N2O8Si2+. The maximum atomic E-state index is 10.8. The molecule has 1 N–H and O–H groups in total. The molecule has 0 radical (unpaired) electrons. The lowest BCUT2D eigenvalue weighted by molar-refractivity contribution is -0.889. The van der Waals surface area contributed by atoms with Crippen LogP contribution in [0.4, 0.5) is 0 Å². The standard InChI is InChI=1S/C17H38N2O8Si2/c1-18(2)10-7-13-29(26-16-27-29)25-15-24-28(22-5,23-6)14-8-11-19(3,4)12-9-17(20)21/h7-16H2,1-6H3/p+1. The number of carbonyl (C=O) groups is 1. The number of nitrogens with zero attached hydrogens (tertiary/aromatic N) is 2. The van der Waals surface area contributed by atoms with Crippen LogP contribution in [0.15, 0.2) is 0 Å². The first kappa shape index (κ1) is 26.6. The van der Waals surface area contributed by atoms with Gasteiger partial charge in [0.15, 0.2) is 0 Å². The van der Waals surface area contributed by atoms with Crippen LogP contribution in [0.5, 0.6) is 0 Å². The van der Waals surface area contributed by atoms with Crippen LogP contribution >= 0.6 is 0 Å². The van der Waals surface area contributed by atoms with Crippen molar-refractivity contribution in [1.29, 1.82) is 0 Å². The summed E-state index contributed by atoms with van der Waals surface area (Å²) in [7, 11) is 5.77. The largest absolute Gasteiger partial charge is 0.506 e. The van der Waals surface area contributed by atoms with Gasteiger partial charge in [-0.1, -0.05) is 0 Å². The molecule has 0 saturated carbocycles. The Kier molecular flexibility index (Phi) is 11.4. The summed E-state index contributed by atoms with van der Waals surface area (Å²) in [5, 5.41) is 8.88. The monoisotopic (exact) mass is 455 g/mol. The van der Waals surface area contributed by atoms with Crippen molar-refractivity contribution < 1.29 is 40.9 Å². The fraction of sp³-hybridized carbons (Fsp3) is 0.941. The zero-order valence-electron chi connectivity index (χ0n) is 18.8. The zero-order chi connectivity index (χ0) is 22.0. The third-order valence-corrected chi connectivity index (χ3v) is 10.4. The third-order valence-electron chi connectivity index (χ3n) is 5.00. The van der Waals surface area contributed by atoms with E-state index >= 15 is 0 Å². The number of rotatable bonds is 17. The molecule has 172 valence electrons. The number of carboxylic acid groups (broad SMARTS) is 1. The van der Waals surface area contributed by atoms with Crippen molar-refractivity contribution in [3.63, 3.8) is 0 Å². The Balaban J connectivity index is 2.45. The van der Waals surface area contributed by atoms with Gasteiger partial charge in [0.25, 0.3) is 0 Å². The molecule has 1 aliphatic rings. The van der Waals surface area contributed by atoms with Gasteiger partial charge >= 0.3 is 23.6 Å². The van der Waals surface area contributed by atoms with Crippen LogP contribution in [0.25, 0.3) is 0 Å². The quantitative estimate of drug-likeness (QED) is 0.196. The van der Waals surface area contributed by atoms with E-state index in [1.165, 1.54) is 0 Å². The molecule has 0 amide bonds. The molecule has 12 heteroatoms. The highest BCUT2D eigenvalue weighted by Gasteiger charge is 2.49. The first-order valence-electron chi connectivity index (χ1n) is 9.92. The summed E-state index contributed by atoms with van der Waals surface area (Å²) in [6.07, 6.45) is 1.87. The Morgan fingerprint density at radius 1 is 1.17 bits per heavy atom. The molecular weight excluding hydrogens is 416 g/mol. The minimum absolute atomic E-state index is 0.0132. The lowest BCUT2D eigenvalue weighted by Crippen LogP contribution is -2.57. The van der Waals surface area contributed by atoms with Gasteiger partial charge < -0.3 is 41.0 Å². The van der Waals surface area contributed by atoms with Crippen LogP contribution in [0.2, 0.25) is 12.1 Å². The number of quaternary nitrogens is 1. The number of hydrogen-bond acceptors (Lipinski definition) is 8. The van der Waals surface area contributed by atoms with Crippen molar-refractivity contribution in [3.05, 3.63) is 0 Å². The van der Waals surface area contributed by atoms with Gasteiger partial charge in [-0.15, -0.1) is 0 Å². The first-order valence-corrected chi connectivity index (χ1v) is 13.8. The molecule has 1 heterocycles. The molecule has 0 atom stereocenters. The molecule has 0 spiro atoms. The van der Waals surface area contributed by atoms with Gasteiger partial charge in [-0.2, -0.15) is 0 Å². The highest BCUT2D eigenvalue weighted by molar-refractivity contribution is 6.62. The molecule has 1 rings (SSSR count). The van der Waals surface area contributed by atoms with E-state index in [9.17, 15) is 4.79 Å². The van der Waals surface area contributed by atoms with Crippen LogP contribution in [0, 0.1) is 0 Å². The summed E-state index contributed by atoms with van der Waals surface area (Å²) in [6.45, 7) is 2.60. The normalized spacial score (nSPS) is 16.8. The first-order chi connectivity index (χ1) is 13.6. The van der Waals surface area contributed by atoms with E-state index in [0.29, 0.717) is 17.1 Å². The van der Waals surface area contributed by atoms with E-state index in [2.05, 4.69) is 4.90 Å². The Hall–Kier alpha value is -0.416. The van der Waals surface area contributed by atoms with E-state index in [4.69, 9.17) is 31.7 Å². The molecule has 1 aliphatic heterocycles. The fourth-order valence-corrected chi connectivity index (χ4v) is 6.73. The molecule has 0 aromatic heterocycles. The average molecular weight is 456 g/mol. The maximum absolute atomic E-state index is 10.8. The SMILES string of the molecule is CO[Si](CCC[N+](C)(C)CCC(=O)O)(OC)OCO[Si]1(CCCN(C)C)OCO1. The van der Waals surface area contributed by atoms with E-state index in [1.54, 1.807) is 14.2 Å². The molecule has 0 bridgehead atoms. The van der Waals surface area contributed by atoms with Gasteiger partial charge in [-0.3, -0.25) is 4.79 Å². The zero-order valence-corrected chi connectivity index (χ0v) is 20.8. The number of aliphatic carboxylic acids is 1. The molecule has 0 aliphatic carbocycles. The summed E-state index contributed by atoms with van der Waals surface area (Å²) in [6, 6.07) is 1.37. The minimum Gasteiger partial charge on any atom is -0.481 e. The molecule has 0 aromatic rings. The molecule has 0 aromatic carbocycles. The molecule has 29 heavy (non-hydrogen) atoms. The van der Waals surface area contributed by atoms with Crippen LogP contribution in [-0.2, 0) is 31.4 Å². The summed E-state index contributed by atoms with van der Waals surface area (Å²) in [5.41, 5.74) is 0. The van der Waals surface area contributed by atoms with Crippen molar-refractivity contribution in [3.8, 4) is 0 Å². The summed E-state index contributed by atoms with van der Waals surface area (Å²) >= 11 is 0. The van der Waals surface area contributed by atoms with Gasteiger partial charge in [0, 0.05) is 32.7 Å². The fourth-order valence-electron chi connectivity index (χ4n) is 3.02. The van der Waals surface area contributed by atoms with Crippen molar-refractivity contribution in [2.45, 2.75) is 31.4 Å².